The summed E-state index contributed by atoms with van der Waals surface area (Å²) in [7, 11) is 0. The number of benzene rings is 2. The lowest BCUT2D eigenvalue weighted by atomic mass is 9.97. The number of aliphatic carboxylic acids is 1. The number of aromatic hydroxyl groups is 1. The fraction of sp³-hybridized carbons (Fsp3) is 0.167. The molecule has 0 aliphatic carbocycles. The Morgan fingerprint density at radius 2 is 1.96 bits per heavy atom. The lowest BCUT2D eigenvalue weighted by Gasteiger charge is -2.27. The third-order valence-electron chi connectivity index (χ3n) is 3.87. The third-order valence-corrected chi connectivity index (χ3v) is 4.22. The molecule has 4 nitrogen and oxygen atoms in total. The number of carboxylic acid groups (broad SMARTS) is 1. The minimum atomic E-state index is -4.87. The van der Waals surface area contributed by atoms with Gasteiger partial charge in [-0.1, -0.05) is 23.7 Å². The molecule has 3 rings (SSSR count). The maximum Gasteiger partial charge on any atom is 0.430 e. The molecule has 0 amide bonds. The van der Waals surface area contributed by atoms with Gasteiger partial charge in [-0.05, 0) is 47.9 Å². The van der Waals surface area contributed by atoms with Crippen molar-refractivity contribution in [1.82, 2.24) is 0 Å². The molecule has 0 saturated heterocycles. The van der Waals surface area contributed by atoms with Crippen LogP contribution in [-0.2, 0) is 11.2 Å². The van der Waals surface area contributed by atoms with E-state index in [4.69, 9.17) is 21.4 Å². The molecule has 1 atom stereocenters. The number of rotatable bonds is 3. The van der Waals surface area contributed by atoms with Crippen LogP contribution in [0.4, 0.5) is 13.2 Å². The molecule has 1 aliphatic heterocycles. The van der Waals surface area contributed by atoms with Gasteiger partial charge in [0.2, 0.25) is 6.10 Å². The highest BCUT2D eigenvalue weighted by Gasteiger charge is 2.48. The van der Waals surface area contributed by atoms with Crippen molar-refractivity contribution in [1.29, 1.82) is 0 Å². The van der Waals surface area contributed by atoms with E-state index < -0.39 is 23.8 Å². The zero-order chi connectivity index (χ0) is 19.1. The summed E-state index contributed by atoms with van der Waals surface area (Å²) in [5.41, 5.74) is 0.454. The Morgan fingerprint density at radius 1 is 1.23 bits per heavy atom. The number of alkyl halides is 3. The molecular weight excluding hydrogens is 373 g/mol. The van der Waals surface area contributed by atoms with E-state index in [1.165, 1.54) is 24.3 Å². The number of fused-ring (bicyclic) bond motifs is 1. The third kappa shape index (κ3) is 3.62. The van der Waals surface area contributed by atoms with Gasteiger partial charge in [-0.2, -0.15) is 13.2 Å². The van der Waals surface area contributed by atoms with Gasteiger partial charge < -0.3 is 14.9 Å². The van der Waals surface area contributed by atoms with Crippen LogP contribution < -0.4 is 4.74 Å². The fourth-order valence-corrected chi connectivity index (χ4v) is 2.94. The topological polar surface area (TPSA) is 66.8 Å². The Balaban J connectivity index is 2.01. The van der Waals surface area contributed by atoms with Crippen molar-refractivity contribution < 1.29 is 32.9 Å². The monoisotopic (exact) mass is 384 g/mol. The first-order chi connectivity index (χ1) is 12.1. The molecule has 0 radical (unpaired) electrons. The molecule has 8 heteroatoms. The molecule has 2 N–H and O–H groups in total. The van der Waals surface area contributed by atoms with Crippen LogP contribution in [0.2, 0.25) is 5.02 Å². The first-order valence-electron chi connectivity index (χ1n) is 7.43. The molecule has 1 aliphatic rings. The van der Waals surface area contributed by atoms with Gasteiger partial charge in [-0.3, -0.25) is 0 Å². The molecule has 0 aromatic heterocycles. The molecule has 0 spiro atoms. The summed E-state index contributed by atoms with van der Waals surface area (Å²) in [5, 5.41) is 18.8. The Bertz CT molecular complexity index is 906. The summed E-state index contributed by atoms with van der Waals surface area (Å²) in [6, 6.07) is 9.09. The average molecular weight is 385 g/mol. The quantitative estimate of drug-likeness (QED) is 0.821. The molecule has 0 fully saturated rings. The highest BCUT2D eigenvalue weighted by molar-refractivity contribution is 6.31. The Kier molecular flexibility index (Phi) is 4.58. The zero-order valence-electron chi connectivity index (χ0n) is 13.0. The van der Waals surface area contributed by atoms with Crippen molar-refractivity contribution in [3.8, 4) is 11.5 Å². The summed E-state index contributed by atoms with van der Waals surface area (Å²) in [4.78, 5) is 11.1. The standard InChI is InChI=1S/C18H12ClF3O4/c19-14-7-11-6-13(17(24)25)16(18(20,21)22)26-15(11)8-10(14)4-9-2-1-3-12(23)5-9/h1-3,5-8,16,23H,4H2,(H,24,25). The number of hydrogen-bond acceptors (Lipinski definition) is 3. The van der Waals surface area contributed by atoms with Crippen LogP contribution in [0.15, 0.2) is 42.0 Å². The van der Waals surface area contributed by atoms with Crippen molar-refractivity contribution in [3.05, 3.63) is 63.7 Å². The predicted octanol–water partition coefficient (Wildman–Crippen LogP) is 4.43. The fourth-order valence-electron chi connectivity index (χ4n) is 2.70. The van der Waals surface area contributed by atoms with Crippen LogP contribution in [-0.4, -0.2) is 28.5 Å². The second-order valence-corrected chi connectivity index (χ2v) is 6.18. The largest absolute Gasteiger partial charge is 0.508 e. The highest BCUT2D eigenvalue weighted by atomic mass is 35.5. The molecule has 0 saturated carbocycles. The van der Waals surface area contributed by atoms with Gasteiger partial charge >= 0.3 is 12.1 Å². The normalized spacial score (nSPS) is 16.5. The second kappa shape index (κ2) is 6.57. The van der Waals surface area contributed by atoms with E-state index in [0.29, 0.717) is 11.1 Å². The number of ether oxygens (including phenoxy) is 1. The van der Waals surface area contributed by atoms with E-state index >= 15 is 0 Å². The number of carbonyl (C=O) groups is 1. The van der Waals surface area contributed by atoms with Crippen molar-refractivity contribution in [2.24, 2.45) is 0 Å². The van der Waals surface area contributed by atoms with E-state index in [9.17, 15) is 23.1 Å². The number of hydrogen-bond donors (Lipinski definition) is 2. The van der Waals surface area contributed by atoms with E-state index in [1.54, 1.807) is 12.1 Å². The van der Waals surface area contributed by atoms with Gasteiger partial charge in [0.25, 0.3) is 0 Å². The van der Waals surface area contributed by atoms with E-state index in [0.717, 1.165) is 6.08 Å². The minimum absolute atomic E-state index is 0.0546. The van der Waals surface area contributed by atoms with E-state index in [-0.39, 0.29) is 28.5 Å². The maximum atomic E-state index is 13.1. The van der Waals surface area contributed by atoms with Crippen molar-refractivity contribution in [3.63, 3.8) is 0 Å². The molecule has 2 aromatic carbocycles. The summed E-state index contributed by atoms with van der Waals surface area (Å²) in [6.45, 7) is 0. The zero-order valence-corrected chi connectivity index (χ0v) is 13.8. The van der Waals surface area contributed by atoms with Crippen LogP contribution in [0.1, 0.15) is 16.7 Å². The van der Waals surface area contributed by atoms with Gasteiger partial charge in [0.05, 0.1) is 5.57 Å². The van der Waals surface area contributed by atoms with Gasteiger partial charge in [-0.15, -0.1) is 0 Å². The van der Waals surface area contributed by atoms with Gasteiger partial charge in [0.1, 0.15) is 11.5 Å². The summed E-state index contributed by atoms with van der Waals surface area (Å²) >= 11 is 6.19. The number of carboxylic acids is 1. The van der Waals surface area contributed by atoms with Gasteiger partial charge in [0, 0.05) is 10.6 Å². The van der Waals surface area contributed by atoms with Crippen LogP contribution >= 0.6 is 11.6 Å². The highest BCUT2D eigenvalue weighted by Crippen LogP contribution is 2.39. The molecule has 1 heterocycles. The molecule has 136 valence electrons. The Morgan fingerprint density at radius 3 is 2.58 bits per heavy atom. The molecule has 2 aromatic rings. The van der Waals surface area contributed by atoms with Gasteiger partial charge in [0.15, 0.2) is 0 Å². The van der Waals surface area contributed by atoms with Crippen molar-refractivity contribution >= 4 is 23.6 Å². The van der Waals surface area contributed by atoms with Crippen LogP contribution in [0.5, 0.6) is 11.5 Å². The number of phenols is 1. The first kappa shape index (κ1) is 18.1. The Hall–Kier alpha value is -2.67. The van der Waals surface area contributed by atoms with Crippen LogP contribution in [0.3, 0.4) is 0 Å². The number of halogens is 4. The van der Waals surface area contributed by atoms with Gasteiger partial charge in [-0.25, -0.2) is 4.79 Å². The SMILES string of the molecule is O=C(O)C1=Cc2cc(Cl)c(Cc3cccc(O)c3)cc2OC1C(F)(F)F. The summed E-state index contributed by atoms with van der Waals surface area (Å²) in [6.07, 6.45) is -6.24. The summed E-state index contributed by atoms with van der Waals surface area (Å²) < 4.78 is 44.3. The summed E-state index contributed by atoms with van der Waals surface area (Å²) in [5.74, 6) is -1.76. The average Bonchev–Trinajstić information content (AvgIpc) is 2.53. The van der Waals surface area contributed by atoms with Crippen LogP contribution in [0.25, 0.3) is 6.08 Å². The molecule has 26 heavy (non-hydrogen) atoms. The first-order valence-corrected chi connectivity index (χ1v) is 7.81. The van der Waals surface area contributed by atoms with Crippen LogP contribution in [0, 0.1) is 0 Å². The molecule has 1 unspecified atom stereocenters. The number of phenolic OH excluding ortho intramolecular Hbond substituents is 1. The Labute approximate surface area is 151 Å². The second-order valence-electron chi connectivity index (χ2n) is 5.77. The maximum absolute atomic E-state index is 13.1. The lowest BCUT2D eigenvalue weighted by molar-refractivity contribution is -0.187. The predicted molar refractivity (Wildman–Crippen MR) is 88.4 cm³/mol. The minimum Gasteiger partial charge on any atom is -0.508 e. The van der Waals surface area contributed by atoms with Crippen molar-refractivity contribution in [2.75, 3.05) is 0 Å². The molecular formula is C18H12ClF3O4. The van der Waals surface area contributed by atoms with E-state index in [1.807, 2.05) is 0 Å². The smallest absolute Gasteiger partial charge is 0.430 e. The molecule has 0 bridgehead atoms. The van der Waals surface area contributed by atoms with E-state index in [2.05, 4.69) is 0 Å². The van der Waals surface area contributed by atoms with Crippen molar-refractivity contribution in [2.45, 2.75) is 18.7 Å². The lowest BCUT2D eigenvalue weighted by Crippen LogP contribution is -2.40.